The van der Waals surface area contributed by atoms with Crippen LogP contribution in [-0.2, 0) is 4.57 Å². The van der Waals surface area contributed by atoms with Gasteiger partial charge < -0.3 is 10.1 Å². The number of hydrogen-bond donors (Lipinski definition) is 3. The molecule has 0 spiro atoms. The molecular formula is C22H29N4O2PS. The fourth-order valence-corrected chi connectivity index (χ4v) is 8.41. The van der Waals surface area contributed by atoms with Crippen LogP contribution in [0, 0.1) is 13.8 Å². The van der Waals surface area contributed by atoms with Crippen molar-refractivity contribution in [3.05, 3.63) is 52.7 Å². The third kappa shape index (κ3) is 4.12. The minimum Gasteiger partial charge on any atom is -0.497 e. The Hall–Kier alpha value is -1.92. The molecule has 1 fully saturated rings. The van der Waals surface area contributed by atoms with Crippen LogP contribution in [0.1, 0.15) is 35.8 Å². The number of aryl methyl sites for hydroxylation is 2. The Morgan fingerprint density at radius 1 is 1.17 bits per heavy atom. The van der Waals surface area contributed by atoms with Crippen molar-refractivity contribution in [2.75, 3.05) is 19.0 Å². The number of hydrogen-bond acceptors (Lipinski definition) is 5. The van der Waals surface area contributed by atoms with Crippen LogP contribution < -0.4 is 20.2 Å². The highest BCUT2D eigenvalue weighted by Crippen LogP contribution is 2.57. The third-order valence-electron chi connectivity index (χ3n) is 5.77. The maximum absolute atomic E-state index is 14.0. The van der Waals surface area contributed by atoms with Gasteiger partial charge in [0.25, 0.3) is 0 Å². The Bertz CT molecular complexity index is 1100. The lowest BCUT2D eigenvalue weighted by Gasteiger charge is -2.25. The molecule has 3 aromatic rings. The summed E-state index contributed by atoms with van der Waals surface area (Å²) >= 11 is 1.68. The normalized spacial score (nSPS) is 24.8. The van der Waals surface area contributed by atoms with Gasteiger partial charge in [0, 0.05) is 33.9 Å². The molecular weight excluding hydrogens is 415 g/mol. The molecule has 4 atom stereocenters. The Balaban J connectivity index is 1.69. The molecule has 0 aliphatic carbocycles. The smallest absolute Gasteiger partial charge is 0.221 e. The monoisotopic (exact) mass is 444 g/mol. The first-order valence-corrected chi connectivity index (χ1v) is 12.8. The molecule has 2 unspecified atom stereocenters. The molecule has 1 aliphatic heterocycles. The fourth-order valence-electron chi connectivity index (χ4n) is 3.86. The second-order valence-electron chi connectivity index (χ2n) is 8.03. The Morgan fingerprint density at radius 2 is 1.90 bits per heavy atom. The van der Waals surface area contributed by atoms with E-state index >= 15 is 0 Å². The average Bonchev–Trinajstić information content (AvgIpc) is 3.22. The van der Waals surface area contributed by atoms with E-state index in [0.29, 0.717) is 6.54 Å². The van der Waals surface area contributed by atoms with Crippen LogP contribution in [0.15, 0.2) is 36.4 Å². The number of ether oxygens (including phenoxy) is 1. The molecule has 160 valence electrons. The molecule has 0 amide bonds. The minimum absolute atomic E-state index is 0.149. The van der Waals surface area contributed by atoms with Crippen LogP contribution in [0.5, 0.6) is 5.75 Å². The van der Waals surface area contributed by atoms with Crippen molar-refractivity contribution < 1.29 is 9.30 Å². The number of anilines is 1. The van der Waals surface area contributed by atoms with Crippen LogP contribution in [0.2, 0.25) is 0 Å². The molecule has 0 bridgehead atoms. The zero-order valence-corrected chi connectivity index (χ0v) is 19.7. The van der Waals surface area contributed by atoms with Crippen LogP contribution in [0.25, 0.3) is 10.1 Å². The molecule has 1 aliphatic rings. The molecule has 6 nitrogen and oxygen atoms in total. The van der Waals surface area contributed by atoms with Gasteiger partial charge in [0.1, 0.15) is 5.75 Å². The summed E-state index contributed by atoms with van der Waals surface area (Å²) in [6.07, 6.45) is 0. The Labute approximate surface area is 181 Å². The van der Waals surface area contributed by atoms with Gasteiger partial charge in [0.15, 0.2) is 0 Å². The van der Waals surface area contributed by atoms with Crippen LogP contribution in [-0.4, -0.2) is 30.7 Å². The molecule has 1 saturated heterocycles. The lowest BCUT2D eigenvalue weighted by molar-refractivity contribution is 0.415. The van der Waals surface area contributed by atoms with E-state index in [1.54, 1.807) is 18.4 Å². The highest BCUT2D eigenvalue weighted by atomic mass is 32.1. The highest BCUT2D eigenvalue weighted by Gasteiger charge is 2.43. The van der Waals surface area contributed by atoms with Gasteiger partial charge in [-0.3, -0.25) is 19.7 Å². The maximum Gasteiger partial charge on any atom is 0.221 e. The molecule has 3 N–H and O–H groups in total. The fraction of sp³-hybridized carbons (Fsp3) is 0.409. The summed E-state index contributed by atoms with van der Waals surface area (Å²) < 4.78 is 20.5. The van der Waals surface area contributed by atoms with Crippen molar-refractivity contribution in [3.8, 4) is 5.75 Å². The first kappa shape index (κ1) is 21.3. The minimum atomic E-state index is -2.85. The molecule has 8 heteroatoms. The van der Waals surface area contributed by atoms with Gasteiger partial charge in [-0.15, -0.1) is 11.3 Å². The summed E-state index contributed by atoms with van der Waals surface area (Å²) in [4.78, 5) is 5.63. The van der Waals surface area contributed by atoms with E-state index in [1.165, 1.54) is 0 Å². The van der Waals surface area contributed by atoms with Crippen molar-refractivity contribution in [1.29, 1.82) is 0 Å². The summed E-state index contributed by atoms with van der Waals surface area (Å²) in [5.74, 6) is 0.831. The van der Waals surface area contributed by atoms with E-state index < -0.39 is 7.44 Å². The highest BCUT2D eigenvalue weighted by molar-refractivity contribution is 7.61. The summed E-state index contributed by atoms with van der Waals surface area (Å²) in [5, 5.41) is 11.4. The second kappa shape index (κ2) is 8.31. The summed E-state index contributed by atoms with van der Waals surface area (Å²) in [5.41, 5.74) is 2.71. The van der Waals surface area contributed by atoms with E-state index in [2.05, 4.69) is 46.5 Å². The zero-order valence-electron chi connectivity index (χ0n) is 18.0. The SMILES string of the molecule is COc1ccc2cc(C(CNc3ccc(C)nc3C)P3(=O)N[C@@H](C)[C@@H](C)N3)sc2c1. The van der Waals surface area contributed by atoms with Gasteiger partial charge in [-0.25, -0.2) is 0 Å². The van der Waals surface area contributed by atoms with Crippen molar-refractivity contribution in [3.63, 3.8) is 0 Å². The number of nitrogens with zero attached hydrogens (tertiary/aromatic N) is 1. The topological polar surface area (TPSA) is 75.3 Å². The number of fused-ring (bicyclic) bond motifs is 1. The summed E-state index contributed by atoms with van der Waals surface area (Å²) in [6.45, 7) is 8.68. The number of methoxy groups -OCH3 is 1. The first-order valence-electron chi connectivity index (χ1n) is 10.2. The maximum atomic E-state index is 14.0. The van der Waals surface area contributed by atoms with Crippen LogP contribution in [0.4, 0.5) is 5.69 Å². The van der Waals surface area contributed by atoms with E-state index in [1.807, 2.05) is 38.1 Å². The van der Waals surface area contributed by atoms with E-state index in [-0.39, 0.29) is 17.7 Å². The van der Waals surface area contributed by atoms with Gasteiger partial charge >= 0.3 is 0 Å². The number of thiophene rings is 1. The van der Waals surface area contributed by atoms with Gasteiger partial charge in [0.2, 0.25) is 7.44 Å². The number of benzene rings is 1. The average molecular weight is 445 g/mol. The molecule has 30 heavy (non-hydrogen) atoms. The van der Waals surface area contributed by atoms with Crippen molar-refractivity contribution in [1.82, 2.24) is 15.2 Å². The van der Waals surface area contributed by atoms with Gasteiger partial charge in [-0.1, -0.05) is 0 Å². The molecule has 2 aromatic heterocycles. The number of pyridine rings is 1. The lowest BCUT2D eigenvalue weighted by Crippen LogP contribution is -2.26. The van der Waals surface area contributed by atoms with Crippen molar-refractivity contribution in [2.24, 2.45) is 0 Å². The largest absolute Gasteiger partial charge is 0.497 e. The van der Waals surface area contributed by atoms with Crippen LogP contribution >= 0.6 is 18.8 Å². The van der Waals surface area contributed by atoms with Crippen molar-refractivity contribution >= 4 is 34.6 Å². The Kier molecular flexibility index (Phi) is 5.90. The van der Waals surface area contributed by atoms with Gasteiger partial charge in [0.05, 0.1) is 24.2 Å². The van der Waals surface area contributed by atoms with E-state index in [9.17, 15) is 4.57 Å². The molecule has 4 rings (SSSR count). The zero-order chi connectivity index (χ0) is 21.5. The van der Waals surface area contributed by atoms with Crippen molar-refractivity contribution in [2.45, 2.75) is 45.4 Å². The van der Waals surface area contributed by atoms with Crippen LogP contribution in [0.3, 0.4) is 0 Å². The molecule has 0 radical (unpaired) electrons. The van der Waals surface area contributed by atoms with Gasteiger partial charge in [-0.2, -0.15) is 0 Å². The predicted molar refractivity (Wildman–Crippen MR) is 126 cm³/mol. The number of aromatic nitrogens is 1. The summed E-state index contributed by atoms with van der Waals surface area (Å²) in [6, 6.07) is 12.6. The van der Waals surface area contributed by atoms with Gasteiger partial charge in [-0.05, 0) is 69.5 Å². The number of nitrogens with one attached hydrogen (secondary N) is 3. The lowest BCUT2D eigenvalue weighted by atomic mass is 10.2. The molecule has 3 heterocycles. The first-order chi connectivity index (χ1) is 14.3. The Morgan fingerprint density at radius 3 is 2.57 bits per heavy atom. The standard InChI is InChI=1S/C22H29N4O2PS/c1-13-6-9-19(16(4)24-13)23-12-20(29(27)25-14(2)15(3)26-29)22-10-17-7-8-18(28-5)11-21(17)30-22/h6-11,14-15,20,23H,12H2,1-5H3,(H2,25,26,27)/t14-,15+,20?,29?. The number of rotatable bonds is 6. The quantitative estimate of drug-likeness (QED) is 0.452. The predicted octanol–water partition coefficient (Wildman–Crippen LogP) is 5.24. The third-order valence-corrected chi connectivity index (χ3v) is 10.1. The molecule has 1 aromatic carbocycles. The summed E-state index contributed by atoms with van der Waals surface area (Å²) in [7, 11) is -1.18. The molecule has 0 saturated carbocycles. The second-order valence-corrected chi connectivity index (χ2v) is 11.6. The van der Waals surface area contributed by atoms with E-state index in [4.69, 9.17) is 4.74 Å². The van der Waals surface area contributed by atoms with E-state index in [0.717, 1.165) is 37.8 Å².